The van der Waals surface area contributed by atoms with Crippen LogP contribution < -0.4 is 15.1 Å². The van der Waals surface area contributed by atoms with Crippen molar-refractivity contribution in [3.63, 3.8) is 0 Å². The monoisotopic (exact) mass is 516 g/mol. The molecule has 0 aromatic heterocycles. The van der Waals surface area contributed by atoms with Crippen molar-refractivity contribution in [3.8, 4) is 5.75 Å². The first-order chi connectivity index (χ1) is 18.5. The minimum Gasteiger partial charge on any atom is -0.497 e. The summed E-state index contributed by atoms with van der Waals surface area (Å²) in [5, 5.41) is 0. The molecule has 7 heteroatoms. The largest absolute Gasteiger partial charge is 0.497 e. The number of ether oxygens (including phenoxy) is 2. The molecule has 0 aliphatic carbocycles. The number of hydroxylamine groups is 1. The van der Waals surface area contributed by atoms with E-state index in [9.17, 15) is 9.18 Å². The van der Waals surface area contributed by atoms with Crippen molar-refractivity contribution in [1.82, 2.24) is 5.48 Å². The average molecular weight is 517 g/mol. The quantitative estimate of drug-likeness (QED) is 0.320. The molecule has 198 valence electrons. The van der Waals surface area contributed by atoms with E-state index in [-0.39, 0.29) is 18.0 Å². The Morgan fingerprint density at radius 3 is 2.61 bits per heavy atom. The Labute approximate surface area is 223 Å². The van der Waals surface area contributed by atoms with Gasteiger partial charge in [-0.15, -0.1) is 0 Å². The molecule has 0 radical (unpaired) electrons. The molecule has 2 atom stereocenters. The molecular weight excluding hydrogens is 483 g/mol. The maximum atomic E-state index is 13.7. The number of methoxy groups -OCH3 is 1. The van der Waals surface area contributed by atoms with E-state index in [2.05, 4.69) is 41.6 Å². The van der Waals surface area contributed by atoms with Crippen molar-refractivity contribution >= 4 is 17.7 Å². The van der Waals surface area contributed by atoms with E-state index >= 15 is 0 Å². The summed E-state index contributed by atoms with van der Waals surface area (Å²) >= 11 is 0. The number of anilines is 1. The lowest BCUT2D eigenvalue weighted by Gasteiger charge is -2.48. The van der Waals surface area contributed by atoms with Crippen LogP contribution in [0.1, 0.15) is 48.4 Å². The molecule has 1 N–H and O–H groups in total. The van der Waals surface area contributed by atoms with Crippen LogP contribution in [0, 0.1) is 5.82 Å². The summed E-state index contributed by atoms with van der Waals surface area (Å²) in [6.45, 7) is 3.62. The fourth-order valence-electron chi connectivity index (χ4n) is 5.35. The van der Waals surface area contributed by atoms with Crippen LogP contribution in [-0.2, 0) is 26.3 Å². The minimum absolute atomic E-state index is 0.255. The van der Waals surface area contributed by atoms with Gasteiger partial charge in [-0.25, -0.2) is 14.7 Å². The summed E-state index contributed by atoms with van der Waals surface area (Å²) in [6, 6.07) is 21.0. The maximum absolute atomic E-state index is 13.7. The Morgan fingerprint density at radius 2 is 1.89 bits per heavy atom. The van der Waals surface area contributed by atoms with Crippen LogP contribution in [0.5, 0.6) is 5.75 Å². The number of carbonyl (C=O) groups is 1. The SMILES string of the molecule is COc1ccc2c(c1)CCN(c1ccc(F)cc1)C2(C)c1ccc(/C=C/C(=O)NOC2CCCCO2)cc1. The van der Waals surface area contributed by atoms with Gasteiger partial charge in [-0.05, 0) is 90.9 Å². The number of carbonyl (C=O) groups excluding carboxylic acids is 1. The zero-order valence-electron chi connectivity index (χ0n) is 21.8. The smallest absolute Gasteiger partial charge is 0.267 e. The minimum atomic E-state index is -0.495. The molecule has 6 nitrogen and oxygen atoms in total. The van der Waals surface area contributed by atoms with Gasteiger partial charge in [-0.2, -0.15) is 0 Å². The normalized spacial score (nSPS) is 21.2. The second kappa shape index (κ2) is 11.4. The van der Waals surface area contributed by atoms with Crippen LogP contribution >= 0.6 is 0 Å². The summed E-state index contributed by atoms with van der Waals surface area (Å²) in [5.41, 5.74) is 7.30. The van der Waals surface area contributed by atoms with Gasteiger partial charge in [0.25, 0.3) is 5.91 Å². The third kappa shape index (κ3) is 5.44. The van der Waals surface area contributed by atoms with E-state index in [0.29, 0.717) is 6.61 Å². The van der Waals surface area contributed by atoms with Crippen LogP contribution in [0.3, 0.4) is 0 Å². The summed E-state index contributed by atoms with van der Waals surface area (Å²) in [5.74, 6) is 0.237. The van der Waals surface area contributed by atoms with Crippen molar-refractivity contribution in [1.29, 1.82) is 0 Å². The molecule has 38 heavy (non-hydrogen) atoms. The molecule has 3 aromatic rings. The van der Waals surface area contributed by atoms with Crippen molar-refractivity contribution in [2.75, 3.05) is 25.2 Å². The third-order valence-corrected chi connectivity index (χ3v) is 7.45. The van der Waals surface area contributed by atoms with Crippen LogP contribution in [0.4, 0.5) is 10.1 Å². The summed E-state index contributed by atoms with van der Waals surface area (Å²) < 4.78 is 24.7. The molecule has 1 saturated heterocycles. The molecule has 3 aromatic carbocycles. The number of hydrogen-bond acceptors (Lipinski definition) is 5. The Hall–Kier alpha value is -3.68. The molecule has 0 bridgehead atoms. The van der Waals surface area contributed by atoms with Crippen molar-refractivity contribution < 1.29 is 23.5 Å². The van der Waals surface area contributed by atoms with Gasteiger partial charge < -0.3 is 14.4 Å². The Morgan fingerprint density at radius 1 is 1.11 bits per heavy atom. The van der Waals surface area contributed by atoms with Crippen molar-refractivity contribution in [2.24, 2.45) is 0 Å². The number of amides is 1. The van der Waals surface area contributed by atoms with Crippen molar-refractivity contribution in [3.05, 3.63) is 101 Å². The molecular formula is C31H33FN2O4. The van der Waals surface area contributed by atoms with E-state index in [1.54, 1.807) is 13.2 Å². The lowest BCUT2D eigenvalue weighted by molar-refractivity contribution is -0.198. The van der Waals surface area contributed by atoms with Crippen LogP contribution in [0.2, 0.25) is 0 Å². The summed E-state index contributed by atoms with van der Waals surface area (Å²) in [6.07, 6.45) is 6.49. The van der Waals surface area contributed by atoms with Gasteiger partial charge in [0.05, 0.1) is 12.6 Å². The van der Waals surface area contributed by atoms with Gasteiger partial charge in [0.15, 0.2) is 6.29 Å². The van der Waals surface area contributed by atoms with Gasteiger partial charge in [0.2, 0.25) is 0 Å². The van der Waals surface area contributed by atoms with E-state index in [1.807, 2.05) is 30.3 Å². The van der Waals surface area contributed by atoms with Gasteiger partial charge in [0.1, 0.15) is 11.6 Å². The van der Waals surface area contributed by atoms with Crippen LogP contribution in [-0.4, -0.2) is 32.5 Å². The Bertz CT molecular complexity index is 1290. The predicted octanol–water partition coefficient (Wildman–Crippen LogP) is 5.75. The van der Waals surface area contributed by atoms with Gasteiger partial charge in [-0.1, -0.05) is 30.3 Å². The predicted molar refractivity (Wildman–Crippen MR) is 145 cm³/mol. The lowest BCUT2D eigenvalue weighted by atomic mass is 9.76. The van der Waals surface area contributed by atoms with Crippen molar-refractivity contribution in [2.45, 2.75) is 44.4 Å². The first-order valence-corrected chi connectivity index (χ1v) is 13.0. The fourth-order valence-corrected chi connectivity index (χ4v) is 5.35. The standard InChI is InChI=1S/C31H33FN2O4/c1-31(24-9-6-22(7-10-24)8-17-29(35)33-38-30-5-3-4-20-37-30)28-16-15-27(36-2)21-23(28)18-19-34(31)26-13-11-25(32)12-14-26/h6-17,21,30H,3-5,18-20H2,1-2H3,(H,33,35)/b17-8+. The van der Waals surface area contributed by atoms with E-state index in [1.165, 1.54) is 29.3 Å². The molecule has 0 spiro atoms. The molecule has 1 fully saturated rings. The zero-order chi connectivity index (χ0) is 26.5. The number of nitrogens with zero attached hydrogens (tertiary/aromatic N) is 1. The average Bonchev–Trinajstić information content (AvgIpc) is 2.96. The second-order valence-electron chi connectivity index (χ2n) is 9.81. The molecule has 2 aliphatic rings. The number of hydrogen-bond donors (Lipinski definition) is 1. The van der Waals surface area contributed by atoms with Crippen LogP contribution in [0.15, 0.2) is 72.8 Å². The topological polar surface area (TPSA) is 60.0 Å². The van der Waals surface area contributed by atoms with Gasteiger partial charge in [-0.3, -0.25) is 4.79 Å². The second-order valence-corrected chi connectivity index (χ2v) is 9.81. The van der Waals surface area contributed by atoms with E-state index < -0.39 is 5.54 Å². The van der Waals surface area contributed by atoms with Gasteiger partial charge >= 0.3 is 0 Å². The molecule has 2 unspecified atom stereocenters. The highest BCUT2D eigenvalue weighted by Crippen LogP contribution is 2.44. The molecule has 0 saturated carbocycles. The zero-order valence-corrected chi connectivity index (χ0v) is 21.8. The van der Waals surface area contributed by atoms with E-state index in [0.717, 1.165) is 54.8 Å². The number of benzene rings is 3. The highest BCUT2D eigenvalue weighted by Gasteiger charge is 2.40. The molecule has 2 aliphatic heterocycles. The Kier molecular flexibility index (Phi) is 7.77. The lowest BCUT2D eigenvalue weighted by Crippen LogP contribution is -2.49. The Balaban J connectivity index is 1.39. The number of fused-ring (bicyclic) bond motifs is 1. The first kappa shape index (κ1) is 25.9. The third-order valence-electron chi connectivity index (χ3n) is 7.45. The highest BCUT2D eigenvalue weighted by molar-refractivity contribution is 5.90. The van der Waals surface area contributed by atoms with E-state index in [4.69, 9.17) is 14.3 Å². The maximum Gasteiger partial charge on any atom is 0.267 e. The van der Waals surface area contributed by atoms with Crippen LogP contribution in [0.25, 0.3) is 6.08 Å². The molecule has 2 heterocycles. The highest BCUT2D eigenvalue weighted by atomic mass is 19.1. The first-order valence-electron chi connectivity index (χ1n) is 13.0. The number of rotatable bonds is 7. The summed E-state index contributed by atoms with van der Waals surface area (Å²) in [4.78, 5) is 19.9. The van der Waals surface area contributed by atoms with Gasteiger partial charge in [0, 0.05) is 31.3 Å². The number of nitrogens with one attached hydrogen (secondary N) is 1. The molecule has 1 amide bonds. The molecule has 5 rings (SSSR count). The number of halogens is 1. The summed E-state index contributed by atoms with van der Waals surface area (Å²) in [7, 11) is 1.68. The fraction of sp³-hybridized carbons (Fsp3) is 0.323.